The van der Waals surface area contributed by atoms with Crippen LogP contribution in [0, 0.1) is 5.82 Å². The second kappa shape index (κ2) is 7.49. The Bertz CT molecular complexity index is 1030. The third-order valence-corrected chi connectivity index (χ3v) is 4.87. The monoisotopic (exact) mass is 381 g/mol. The van der Waals surface area contributed by atoms with Crippen molar-refractivity contribution in [3.8, 4) is 11.1 Å². The molecule has 0 saturated carbocycles. The number of hydrogen-bond donors (Lipinski definition) is 2. The van der Waals surface area contributed by atoms with E-state index in [0.29, 0.717) is 11.5 Å². The van der Waals surface area contributed by atoms with Crippen molar-refractivity contribution in [2.45, 2.75) is 0 Å². The Balaban J connectivity index is 1.56. The molecule has 28 heavy (non-hydrogen) atoms. The minimum atomic E-state index is -1.28. The highest BCUT2D eigenvalue weighted by atomic mass is 19.1. The van der Waals surface area contributed by atoms with Crippen molar-refractivity contribution in [1.82, 2.24) is 19.9 Å². The molecule has 2 heterocycles. The lowest BCUT2D eigenvalue weighted by Crippen LogP contribution is -2.47. The first kappa shape index (κ1) is 18.3. The Hall–Kier alpha value is -3.10. The van der Waals surface area contributed by atoms with Gasteiger partial charge in [-0.25, -0.2) is 24.2 Å². The first-order chi connectivity index (χ1) is 13.5. The van der Waals surface area contributed by atoms with Crippen LogP contribution >= 0.6 is 0 Å². The lowest BCUT2D eigenvalue weighted by atomic mass is 10.0. The van der Waals surface area contributed by atoms with E-state index in [2.05, 4.69) is 32.4 Å². The summed E-state index contributed by atoms with van der Waals surface area (Å²) in [5, 5.41) is 11.9. The molecule has 1 saturated heterocycles. The minimum Gasteiger partial charge on any atom is -0.478 e. The van der Waals surface area contributed by atoms with E-state index in [4.69, 9.17) is 5.11 Å². The van der Waals surface area contributed by atoms with Gasteiger partial charge in [0, 0.05) is 37.8 Å². The van der Waals surface area contributed by atoms with Gasteiger partial charge in [0.2, 0.25) is 5.95 Å². The number of likely N-dealkylation sites (N-methyl/N-ethyl adjacent to an activating group) is 1. The van der Waals surface area contributed by atoms with Crippen molar-refractivity contribution in [2.75, 3.05) is 38.7 Å². The van der Waals surface area contributed by atoms with E-state index >= 15 is 0 Å². The second-order valence-electron chi connectivity index (χ2n) is 6.87. The summed E-state index contributed by atoms with van der Waals surface area (Å²) in [6.07, 6.45) is 1.73. The number of carbonyl (C=O) groups is 1. The Morgan fingerprint density at radius 2 is 1.82 bits per heavy atom. The van der Waals surface area contributed by atoms with E-state index in [9.17, 15) is 9.18 Å². The minimum absolute atomic E-state index is 0.340. The van der Waals surface area contributed by atoms with E-state index in [1.807, 2.05) is 18.2 Å². The number of nitrogens with one attached hydrogen (secondary N) is 1. The van der Waals surface area contributed by atoms with Crippen LogP contribution in [0.1, 0.15) is 10.4 Å². The summed E-state index contributed by atoms with van der Waals surface area (Å²) < 4.78 is 14.0. The summed E-state index contributed by atoms with van der Waals surface area (Å²) in [6.45, 7) is 3.77. The molecule has 3 aromatic rings. The largest absolute Gasteiger partial charge is 0.478 e. The van der Waals surface area contributed by atoms with E-state index in [-0.39, 0.29) is 5.56 Å². The average Bonchev–Trinajstić information content (AvgIpc) is 2.69. The number of anilines is 1. The Morgan fingerprint density at radius 3 is 2.54 bits per heavy atom. The standard InChI is InChI=1S/C20H20FN5O2/c1-25-6-8-26(9-7-25)24-20-22-12-15-10-13(3-5-18(15)23-20)14-2-4-16(19(27)28)17(21)11-14/h2-5,10-12H,6-9H2,1H3,(H,27,28)(H,22,23,24). The first-order valence-electron chi connectivity index (χ1n) is 9.00. The summed E-state index contributed by atoms with van der Waals surface area (Å²) >= 11 is 0. The maximum atomic E-state index is 14.0. The number of hydrazine groups is 1. The van der Waals surface area contributed by atoms with Gasteiger partial charge in [0.1, 0.15) is 5.82 Å². The molecule has 4 rings (SSSR count). The summed E-state index contributed by atoms with van der Waals surface area (Å²) in [5.74, 6) is -1.49. The zero-order chi connectivity index (χ0) is 19.7. The zero-order valence-electron chi connectivity index (χ0n) is 15.4. The van der Waals surface area contributed by atoms with Crippen LogP contribution < -0.4 is 5.43 Å². The van der Waals surface area contributed by atoms with Gasteiger partial charge in [-0.1, -0.05) is 12.1 Å². The molecule has 0 atom stereocenters. The molecule has 0 spiro atoms. The molecule has 1 aromatic heterocycles. The van der Waals surface area contributed by atoms with E-state index in [0.717, 1.165) is 42.6 Å². The third-order valence-electron chi connectivity index (χ3n) is 4.87. The summed E-state index contributed by atoms with van der Waals surface area (Å²) in [6, 6.07) is 9.66. The van der Waals surface area contributed by atoms with Gasteiger partial charge in [-0.3, -0.25) is 5.43 Å². The number of halogens is 1. The molecule has 0 bridgehead atoms. The molecule has 1 aliphatic heterocycles. The lowest BCUT2D eigenvalue weighted by molar-refractivity contribution is 0.0692. The van der Waals surface area contributed by atoms with Crippen molar-refractivity contribution in [3.63, 3.8) is 0 Å². The maximum Gasteiger partial charge on any atom is 0.338 e. The molecule has 2 N–H and O–H groups in total. The number of carboxylic acids is 1. The highest BCUT2D eigenvalue weighted by molar-refractivity contribution is 5.89. The highest BCUT2D eigenvalue weighted by Crippen LogP contribution is 2.25. The topological polar surface area (TPSA) is 81.6 Å². The van der Waals surface area contributed by atoms with Gasteiger partial charge in [0.25, 0.3) is 0 Å². The van der Waals surface area contributed by atoms with Crippen LogP contribution in [0.25, 0.3) is 22.0 Å². The number of aromatic nitrogens is 2. The number of carboxylic acid groups (broad SMARTS) is 1. The fraction of sp³-hybridized carbons (Fsp3) is 0.250. The summed E-state index contributed by atoms with van der Waals surface area (Å²) in [7, 11) is 2.10. The fourth-order valence-electron chi connectivity index (χ4n) is 3.19. The van der Waals surface area contributed by atoms with Crippen molar-refractivity contribution >= 4 is 22.8 Å². The van der Waals surface area contributed by atoms with Gasteiger partial charge in [0.15, 0.2) is 0 Å². The quantitative estimate of drug-likeness (QED) is 0.719. The molecular weight excluding hydrogens is 361 g/mol. The van der Waals surface area contributed by atoms with Crippen molar-refractivity contribution in [1.29, 1.82) is 0 Å². The van der Waals surface area contributed by atoms with E-state index in [1.165, 1.54) is 12.1 Å². The molecule has 1 fully saturated rings. The fourth-order valence-corrected chi connectivity index (χ4v) is 3.19. The van der Waals surface area contributed by atoms with Crippen molar-refractivity contribution < 1.29 is 14.3 Å². The number of fused-ring (bicyclic) bond motifs is 1. The van der Waals surface area contributed by atoms with Crippen LogP contribution in [0.2, 0.25) is 0 Å². The van der Waals surface area contributed by atoms with Crippen LogP contribution in [0.4, 0.5) is 10.3 Å². The van der Waals surface area contributed by atoms with Crippen LogP contribution in [-0.2, 0) is 0 Å². The first-order valence-corrected chi connectivity index (χ1v) is 9.00. The van der Waals surface area contributed by atoms with Gasteiger partial charge >= 0.3 is 5.97 Å². The van der Waals surface area contributed by atoms with Gasteiger partial charge in [-0.2, -0.15) is 0 Å². The summed E-state index contributed by atoms with van der Waals surface area (Å²) in [5.41, 5.74) is 5.05. The van der Waals surface area contributed by atoms with Crippen molar-refractivity contribution in [2.24, 2.45) is 0 Å². The van der Waals surface area contributed by atoms with Crippen molar-refractivity contribution in [3.05, 3.63) is 54.0 Å². The number of piperazine rings is 1. The van der Waals surface area contributed by atoms with Gasteiger partial charge in [-0.05, 0) is 42.4 Å². The smallest absolute Gasteiger partial charge is 0.338 e. The van der Waals surface area contributed by atoms with E-state index in [1.54, 1.807) is 12.3 Å². The molecule has 8 heteroatoms. The molecule has 144 valence electrons. The molecule has 7 nitrogen and oxygen atoms in total. The Morgan fingerprint density at radius 1 is 1.11 bits per heavy atom. The van der Waals surface area contributed by atoms with Crippen LogP contribution in [0.15, 0.2) is 42.6 Å². The van der Waals surface area contributed by atoms with Gasteiger partial charge in [0.05, 0.1) is 11.1 Å². The molecule has 0 unspecified atom stereocenters. The number of aromatic carboxylic acids is 1. The number of nitrogens with zero attached hydrogens (tertiary/aromatic N) is 4. The Kier molecular flexibility index (Phi) is 4.89. The van der Waals surface area contributed by atoms with Crippen LogP contribution in [-0.4, -0.2) is 64.2 Å². The van der Waals surface area contributed by atoms with E-state index < -0.39 is 11.8 Å². The van der Waals surface area contributed by atoms with Gasteiger partial charge in [-0.15, -0.1) is 0 Å². The second-order valence-corrected chi connectivity index (χ2v) is 6.87. The van der Waals surface area contributed by atoms with Gasteiger partial charge < -0.3 is 10.0 Å². The molecular formula is C20H20FN5O2. The van der Waals surface area contributed by atoms with Crippen LogP contribution in [0.5, 0.6) is 0 Å². The summed E-state index contributed by atoms with van der Waals surface area (Å²) in [4.78, 5) is 22.2. The third kappa shape index (κ3) is 3.78. The average molecular weight is 381 g/mol. The predicted octanol–water partition coefficient (Wildman–Crippen LogP) is 2.71. The van der Waals surface area contributed by atoms with Crippen LogP contribution in [0.3, 0.4) is 0 Å². The molecule has 2 aromatic carbocycles. The molecule has 1 aliphatic rings. The predicted molar refractivity (Wildman–Crippen MR) is 105 cm³/mol. The highest BCUT2D eigenvalue weighted by Gasteiger charge is 2.15. The Labute approximate surface area is 161 Å². The number of benzene rings is 2. The maximum absolute atomic E-state index is 14.0. The number of hydrogen-bond acceptors (Lipinski definition) is 6. The normalized spacial score (nSPS) is 15.6. The SMILES string of the molecule is CN1CCN(Nc2ncc3cc(-c4ccc(C(=O)O)c(F)c4)ccc3n2)CC1. The molecule has 0 aliphatic carbocycles. The zero-order valence-corrected chi connectivity index (χ0v) is 15.4. The number of rotatable bonds is 4. The molecule has 0 radical (unpaired) electrons. The molecule has 0 amide bonds. The lowest BCUT2D eigenvalue weighted by Gasteiger charge is -2.32.